The topological polar surface area (TPSA) is 9.23 Å². The molecule has 0 heterocycles. The molecule has 1 rings (SSSR count). The van der Waals surface area contributed by atoms with E-state index in [1.54, 1.807) is 0 Å². The molecule has 0 spiro atoms. The Morgan fingerprint density at radius 3 is 2.06 bits per heavy atom. The molecule has 0 radical (unpaired) electrons. The monoisotopic (exact) mass is 254 g/mol. The van der Waals surface area contributed by atoms with Gasteiger partial charge in [0.1, 0.15) is 5.75 Å². The molecule has 1 aromatic carbocycles. The number of aryl methyl sites for hydroxylation is 2. The summed E-state index contributed by atoms with van der Waals surface area (Å²) in [6.45, 7) is 9.42. The molecule has 0 saturated carbocycles. The number of rotatable bonds is 6. The van der Waals surface area contributed by atoms with Gasteiger partial charge in [-0.25, -0.2) is 0 Å². The summed E-state index contributed by atoms with van der Waals surface area (Å²) in [4.78, 5) is 0. The van der Waals surface area contributed by atoms with Crippen LogP contribution in [0.5, 0.6) is 5.75 Å². The van der Waals surface area contributed by atoms with Crippen molar-refractivity contribution < 1.29 is 4.74 Å². The lowest BCUT2D eigenvalue weighted by Crippen LogP contribution is -2.11. The first kappa shape index (κ1) is 14.4. The lowest BCUT2D eigenvalue weighted by molar-refractivity contribution is 0.238. The highest BCUT2D eigenvalue weighted by Crippen LogP contribution is 2.26. The normalized spacial score (nSPS) is 10.9. The van der Waals surface area contributed by atoms with Gasteiger partial charge in [-0.1, -0.05) is 38.8 Å². The quantitative estimate of drug-likeness (QED) is 0.659. The first-order valence-corrected chi connectivity index (χ1v) is 6.94. The average Bonchev–Trinajstić information content (AvgIpc) is 2.32. The van der Waals surface area contributed by atoms with E-state index >= 15 is 0 Å². The molecule has 0 aliphatic carbocycles. The number of alkyl halides is 1. The summed E-state index contributed by atoms with van der Waals surface area (Å²) in [6, 6.07) is 4.23. The highest BCUT2D eigenvalue weighted by Gasteiger charge is 2.09. The van der Waals surface area contributed by atoms with Crippen molar-refractivity contribution >= 4 is 11.6 Å². The van der Waals surface area contributed by atoms with Gasteiger partial charge in [0, 0.05) is 5.88 Å². The Morgan fingerprint density at radius 1 is 1.12 bits per heavy atom. The van der Waals surface area contributed by atoms with Crippen LogP contribution >= 0.6 is 11.6 Å². The third kappa shape index (κ3) is 3.92. The molecule has 0 atom stereocenters. The van der Waals surface area contributed by atoms with Crippen molar-refractivity contribution in [1.82, 2.24) is 0 Å². The maximum atomic E-state index is 5.97. The first-order valence-electron chi connectivity index (χ1n) is 6.41. The Bertz CT molecular complexity index is 333. The lowest BCUT2D eigenvalue weighted by atomic mass is 10.0. The van der Waals surface area contributed by atoms with Crippen molar-refractivity contribution in [2.75, 3.05) is 6.61 Å². The second-order valence-corrected chi connectivity index (χ2v) is 4.95. The zero-order chi connectivity index (χ0) is 12.8. The minimum atomic E-state index is 0.564. The van der Waals surface area contributed by atoms with Crippen molar-refractivity contribution in [3.05, 3.63) is 28.8 Å². The van der Waals surface area contributed by atoms with Gasteiger partial charge in [0.25, 0.3) is 0 Å². The molecule has 0 unspecified atom stereocenters. The van der Waals surface area contributed by atoms with Crippen LogP contribution in [0.25, 0.3) is 0 Å². The summed E-state index contributed by atoms with van der Waals surface area (Å²) in [7, 11) is 0. The number of benzene rings is 1. The van der Waals surface area contributed by atoms with Gasteiger partial charge in [-0.05, 0) is 36.5 Å². The summed E-state index contributed by atoms with van der Waals surface area (Å²) in [5.41, 5.74) is 3.54. The van der Waals surface area contributed by atoms with Gasteiger partial charge in [0.05, 0.1) is 6.61 Å². The van der Waals surface area contributed by atoms with Crippen molar-refractivity contribution in [3.8, 4) is 5.75 Å². The molecule has 0 aromatic heterocycles. The molecule has 0 aliphatic rings. The Balaban J connectivity index is 2.77. The summed E-state index contributed by atoms with van der Waals surface area (Å²) >= 11 is 5.85. The van der Waals surface area contributed by atoms with E-state index in [9.17, 15) is 0 Å². The number of halogens is 1. The molecule has 0 fully saturated rings. The van der Waals surface area contributed by atoms with Crippen LogP contribution < -0.4 is 4.74 Å². The number of hydrogen-bond acceptors (Lipinski definition) is 1. The van der Waals surface area contributed by atoms with Crippen LogP contribution in [0, 0.1) is 19.8 Å². The maximum absolute atomic E-state index is 5.97. The Hall–Kier alpha value is -0.690. The molecule has 1 nitrogen and oxygen atoms in total. The standard InChI is InChI=1S/C15H23ClO/c1-5-13(6-2)10-17-15-11(3)7-14(9-16)8-12(15)4/h7-8,13H,5-6,9-10H2,1-4H3. The average molecular weight is 255 g/mol. The predicted molar refractivity (Wildman–Crippen MR) is 75.0 cm³/mol. The van der Waals surface area contributed by atoms with Gasteiger partial charge >= 0.3 is 0 Å². The highest BCUT2D eigenvalue weighted by atomic mass is 35.5. The van der Waals surface area contributed by atoms with Crippen LogP contribution in [0.1, 0.15) is 43.4 Å². The Labute approximate surface area is 110 Å². The van der Waals surface area contributed by atoms with Crippen LogP contribution in [0.4, 0.5) is 0 Å². The van der Waals surface area contributed by atoms with Crippen LogP contribution in [-0.2, 0) is 5.88 Å². The zero-order valence-electron chi connectivity index (χ0n) is 11.3. The molecule has 0 saturated heterocycles. The fourth-order valence-electron chi connectivity index (χ4n) is 2.07. The fourth-order valence-corrected chi connectivity index (χ4v) is 2.22. The van der Waals surface area contributed by atoms with Crippen LogP contribution in [0.15, 0.2) is 12.1 Å². The van der Waals surface area contributed by atoms with Gasteiger partial charge in [0.15, 0.2) is 0 Å². The van der Waals surface area contributed by atoms with Gasteiger partial charge in [-0.3, -0.25) is 0 Å². The van der Waals surface area contributed by atoms with Gasteiger partial charge < -0.3 is 4.74 Å². The smallest absolute Gasteiger partial charge is 0.125 e. The highest BCUT2D eigenvalue weighted by molar-refractivity contribution is 6.17. The first-order chi connectivity index (χ1) is 8.12. The molecule has 0 aliphatic heterocycles. The summed E-state index contributed by atoms with van der Waals surface area (Å²) in [5.74, 6) is 2.25. The summed E-state index contributed by atoms with van der Waals surface area (Å²) in [5, 5.41) is 0. The van der Waals surface area contributed by atoms with Crippen LogP contribution in [-0.4, -0.2) is 6.61 Å². The van der Waals surface area contributed by atoms with Gasteiger partial charge in [0.2, 0.25) is 0 Å². The Kier molecular flexibility index (Phi) is 5.84. The molecule has 0 amide bonds. The van der Waals surface area contributed by atoms with Gasteiger partial charge in [-0.2, -0.15) is 0 Å². The minimum absolute atomic E-state index is 0.564. The van der Waals surface area contributed by atoms with E-state index in [4.69, 9.17) is 16.3 Å². The molecule has 96 valence electrons. The molecular weight excluding hydrogens is 232 g/mol. The third-order valence-corrected chi connectivity index (χ3v) is 3.60. The molecule has 0 bridgehead atoms. The molecule has 17 heavy (non-hydrogen) atoms. The van der Waals surface area contributed by atoms with Crippen molar-refractivity contribution in [2.24, 2.45) is 5.92 Å². The van der Waals surface area contributed by atoms with Crippen molar-refractivity contribution in [1.29, 1.82) is 0 Å². The van der Waals surface area contributed by atoms with Crippen molar-refractivity contribution in [3.63, 3.8) is 0 Å². The van der Waals surface area contributed by atoms with E-state index in [1.165, 1.54) is 24.0 Å². The van der Waals surface area contributed by atoms with Crippen LogP contribution in [0.2, 0.25) is 0 Å². The van der Waals surface area contributed by atoms with E-state index < -0.39 is 0 Å². The van der Waals surface area contributed by atoms with E-state index in [0.717, 1.165) is 17.9 Å². The van der Waals surface area contributed by atoms with E-state index in [0.29, 0.717) is 11.8 Å². The molecular formula is C15H23ClO. The number of ether oxygens (including phenoxy) is 1. The molecule has 1 aromatic rings. The summed E-state index contributed by atoms with van der Waals surface area (Å²) in [6.07, 6.45) is 2.35. The molecule has 0 N–H and O–H groups in total. The fraction of sp³-hybridized carbons (Fsp3) is 0.600. The van der Waals surface area contributed by atoms with Crippen molar-refractivity contribution in [2.45, 2.75) is 46.4 Å². The lowest BCUT2D eigenvalue weighted by Gasteiger charge is -2.17. The minimum Gasteiger partial charge on any atom is -0.493 e. The van der Waals surface area contributed by atoms with Gasteiger partial charge in [-0.15, -0.1) is 11.6 Å². The van der Waals surface area contributed by atoms with E-state index in [2.05, 4.69) is 39.8 Å². The predicted octanol–water partition coefficient (Wildman–Crippen LogP) is 4.86. The molecule has 2 heteroatoms. The second kappa shape index (κ2) is 6.90. The maximum Gasteiger partial charge on any atom is 0.125 e. The zero-order valence-corrected chi connectivity index (χ0v) is 12.1. The Morgan fingerprint density at radius 2 is 1.65 bits per heavy atom. The number of hydrogen-bond donors (Lipinski definition) is 0. The summed E-state index contributed by atoms with van der Waals surface area (Å²) < 4.78 is 5.97. The SMILES string of the molecule is CCC(CC)COc1c(C)cc(CCl)cc1C. The third-order valence-electron chi connectivity index (χ3n) is 3.29. The van der Waals surface area contributed by atoms with E-state index in [1.807, 2.05) is 0 Å². The largest absolute Gasteiger partial charge is 0.493 e. The second-order valence-electron chi connectivity index (χ2n) is 4.69. The van der Waals surface area contributed by atoms with Crippen LogP contribution in [0.3, 0.4) is 0 Å². The van der Waals surface area contributed by atoms with E-state index in [-0.39, 0.29) is 0 Å².